The largest absolute Gasteiger partial charge is 0.494 e. The van der Waals surface area contributed by atoms with Crippen LogP contribution < -0.4 is 23.8 Å². The number of hydrogen-bond acceptors (Lipinski definition) is 8. The first-order valence-corrected chi connectivity index (χ1v) is 12.3. The predicted octanol–water partition coefficient (Wildman–Crippen LogP) is 4.25. The second kappa shape index (κ2) is 9.65. The average molecular weight is 509 g/mol. The molecule has 188 valence electrons. The van der Waals surface area contributed by atoms with Crippen molar-refractivity contribution in [2.24, 2.45) is 13.0 Å². The molecule has 1 aromatic carbocycles. The molecule has 11 heteroatoms. The minimum Gasteiger partial charge on any atom is -0.494 e. The van der Waals surface area contributed by atoms with Crippen molar-refractivity contribution < 1.29 is 19.0 Å². The van der Waals surface area contributed by atoms with Crippen LogP contribution in [0.3, 0.4) is 0 Å². The van der Waals surface area contributed by atoms with Crippen LogP contribution in [0.5, 0.6) is 17.2 Å². The molecule has 36 heavy (non-hydrogen) atoms. The van der Waals surface area contributed by atoms with Gasteiger partial charge in [0.1, 0.15) is 17.1 Å². The lowest BCUT2D eigenvalue weighted by Crippen LogP contribution is -2.25. The monoisotopic (exact) mass is 508 g/mol. The SMILES string of the molecule is COc1cc2ncc(-c3cc(NSc4cnn(C)c4)c(OC)c(OC)c3)n2cc1N1CC(C)CC1=O. The summed E-state index contributed by atoms with van der Waals surface area (Å²) in [4.78, 5) is 20.0. The first kappa shape index (κ1) is 23.9. The molecule has 10 nitrogen and oxygen atoms in total. The number of aryl methyl sites for hydroxylation is 1. The van der Waals surface area contributed by atoms with Gasteiger partial charge in [0.05, 0.1) is 50.0 Å². The molecule has 4 heterocycles. The van der Waals surface area contributed by atoms with Crippen LogP contribution in [-0.4, -0.2) is 52.9 Å². The van der Waals surface area contributed by atoms with Gasteiger partial charge in [-0.2, -0.15) is 5.10 Å². The molecule has 1 atom stereocenters. The molecule has 1 aliphatic rings. The van der Waals surface area contributed by atoms with Crippen molar-refractivity contribution in [3.63, 3.8) is 0 Å². The van der Waals surface area contributed by atoms with Crippen molar-refractivity contribution in [1.29, 1.82) is 0 Å². The second-order valence-electron chi connectivity index (χ2n) is 8.73. The number of anilines is 2. The van der Waals surface area contributed by atoms with E-state index in [9.17, 15) is 4.79 Å². The van der Waals surface area contributed by atoms with E-state index in [1.54, 1.807) is 43.3 Å². The summed E-state index contributed by atoms with van der Waals surface area (Å²) in [7, 11) is 6.70. The van der Waals surface area contributed by atoms with Crippen LogP contribution in [0.4, 0.5) is 11.4 Å². The number of aromatic nitrogens is 4. The van der Waals surface area contributed by atoms with E-state index in [4.69, 9.17) is 14.2 Å². The number of imidazole rings is 1. The van der Waals surface area contributed by atoms with Crippen molar-refractivity contribution in [3.8, 4) is 28.5 Å². The highest BCUT2D eigenvalue weighted by molar-refractivity contribution is 8.00. The highest BCUT2D eigenvalue weighted by atomic mass is 32.2. The zero-order valence-corrected chi connectivity index (χ0v) is 21.6. The third-order valence-electron chi connectivity index (χ3n) is 6.15. The van der Waals surface area contributed by atoms with Crippen LogP contribution in [0, 0.1) is 5.92 Å². The Morgan fingerprint density at radius 2 is 1.86 bits per heavy atom. The van der Waals surface area contributed by atoms with E-state index in [0.717, 1.165) is 27.5 Å². The van der Waals surface area contributed by atoms with Crippen molar-refractivity contribution in [2.45, 2.75) is 18.2 Å². The van der Waals surface area contributed by atoms with Gasteiger partial charge in [-0.05, 0) is 30.0 Å². The minimum absolute atomic E-state index is 0.0897. The van der Waals surface area contributed by atoms with Crippen molar-refractivity contribution >= 4 is 34.9 Å². The van der Waals surface area contributed by atoms with Crippen LogP contribution in [0.1, 0.15) is 13.3 Å². The summed E-state index contributed by atoms with van der Waals surface area (Å²) in [6, 6.07) is 5.75. The van der Waals surface area contributed by atoms with Gasteiger partial charge in [0.15, 0.2) is 11.5 Å². The molecule has 0 radical (unpaired) electrons. The summed E-state index contributed by atoms with van der Waals surface area (Å²) in [6.45, 7) is 2.73. The molecule has 0 saturated carbocycles. The van der Waals surface area contributed by atoms with Crippen molar-refractivity contribution in [2.75, 3.05) is 37.5 Å². The molecular weight excluding hydrogens is 480 g/mol. The summed E-state index contributed by atoms with van der Waals surface area (Å²) in [5, 5.41) is 4.21. The first-order chi connectivity index (χ1) is 17.4. The maximum Gasteiger partial charge on any atom is 0.227 e. The molecule has 1 fully saturated rings. The van der Waals surface area contributed by atoms with Crippen molar-refractivity contribution in [3.05, 3.63) is 43.0 Å². The van der Waals surface area contributed by atoms with E-state index in [-0.39, 0.29) is 11.8 Å². The number of amides is 1. The maximum atomic E-state index is 12.7. The van der Waals surface area contributed by atoms with E-state index in [1.807, 2.05) is 42.0 Å². The molecule has 1 saturated heterocycles. The summed E-state index contributed by atoms with van der Waals surface area (Å²) in [5.74, 6) is 2.16. The third kappa shape index (κ3) is 4.30. The normalized spacial score (nSPS) is 15.5. The minimum atomic E-state index is 0.0897. The van der Waals surface area contributed by atoms with Crippen molar-refractivity contribution in [1.82, 2.24) is 19.2 Å². The predicted molar refractivity (Wildman–Crippen MR) is 139 cm³/mol. The molecule has 0 spiro atoms. The zero-order valence-electron chi connectivity index (χ0n) is 20.8. The van der Waals surface area contributed by atoms with E-state index >= 15 is 0 Å². The lowest BCUT2D eigenvalue weighted by atomic mass is 10.1. The quantitative estimate of drug-likeness (QED) is 0.353. The number of rotatable bonds is 8. The Hall–Kier alpha value is -3.86. The maximum absolute atomic E-state index is 12.7. The number of methoxy groups -OCH3 is 3. The molecule has 1 unspecified atom stereocenters. The van der Waals surface area contributed by atoms with E-state index in [1.165, 1.54) is 11.9 Å². The summed E-state index contributed by atoms with van der Waals surface area (Å²) >= 11 is 1.43. The second-order valence-corrected chi connectivity index (χ2v) is 9.61. The number of nitrogens with one attached hydrogen (secondary N) is 1. The molecule has 1 aliphatic heterocycles. The van der Waals surface area contributed by atoms with Crippen LogP contribution in [0.15, 0.2) is 47.9 Å². The summed E-state index contributed by atoms with van der Waals surface area (Å²) < 4.78 is 24.0. The number of carbonyl (C=O) groups excluding carboxylic acids is 1. The van der Waals surface area contributed by atoms with Gasteiger partial charge < -0.3 is 23.8 Å². The fourth-order valence-electron chi connectivity index (χ4n) is 4.45. The number of pyridine rings is 1. The molecule has 1 N–H and O–H groups in total. The molecule has 0 aliphatic carbocycles. The van der Waals surface area contributed by atoms with Crippen LogP contribution in [0.25, 0.3) is 16.9 Å². The highest BCUT2D eigenvalue weighted by Crippen LogP contribution is 2.42. The number of fused-ring (bicyclic) bond motifs is 1. The molecular formula is C25H28N6O4S. The Labute approximate surface area is 213 Å². The fourth-order valence-corrected chi connectivity index (χ4v) is 5.13. The average Bonchev–Trinajstić information content (AvgIpc) is 3.58. The van der Waals surface area contributed by atoms with Gasteiger partial charge in [0.2, 0.25) is 5.91 Å². The topological polar surface area (TPSA) is 95.2 Å². The molecule has 1 amide bonds. The van der Waals surface area contributed by atoms with E-state index in [2.05, 4.69) is 21.7 Å². The Morgan fingerprint density at radius 1 is 1.06 bits per heavy atom. The molecule has 3 aromatic heterocycles. The van der Waals surface area contributed by atoms with Crippen LogP contribution in [0.2, 0.25) is 0 Å². The zero-order chi connectivity index (χ0) is 25.4. The van der Waals surface area contributed by atoms with Crippen LogP contribution in [-0.2, 0) is 11.8 Å². The number of hydrogen-bond donors (Lipinski definition) is 1. The fraction of sp³-hybridized carbons (Fsp3) is 0.320. The lowest BCUT2D eigenvalue weighted by Gasteiger charge is -2.20. The third-order valence-corrected chi connectivity index (χ3v) is 6.92. The summed E-state index contributed by atoms with van der Waals surface area (Å²) in [5.41, 5.74) is 3.88. The number of ether oxygens (including phenoxy) is 3. The Balaban J connectivity index is 1.59. The Kier molecular flexibility index (Phi) is 6.40. The number of nitrogens with zero attached hydrogens (tertiary/aromatic N) is 5. The smallest absolute Gasteiger partial charge is 0.227 e. The molecule has 4 aromatic rings. The number of carbonyl (C=O) groups is 1. The van der Waals surface area contributed by atoms with Gasteiger partial charge in [-0.3, -0.25) is 13.9 Å². The Bertz CT molecular complexity index is 1430. The van der Waals surface area contributed by atoms with E-state index in [0.29, 0.717) is 35.9 Å². The van der Waals surface area contributed by atoms with Gasteiger partial charge in [0.25, 0.3) is 0 Å². The van der Waals surface area contributed by atoms with Gasteiger partial charge in [-0.15, -0.1) is 0 Å². The van der Waals surface area contributed by atoms with E-state index < -0.39 is 0 Å². The standard InChI is InChI=1S/C25H28N6O4S/c1-15-6-24(32)31(12-15)20-14-30-19(11-26-23(30)9-21(20)33-3)16-7-18(25(35-5)22(8-16)34-4)28-36-17-10-27-29(2)13-17/h7-11,13-15,28H,6,12H2,1-5H3. The number of benzene rings is 1. The van der Waals surface area contributed by atoms with Gasteiger partial charge in [-0.1, -0.05) is 6.92 Å². The molecule has 5 rings (SSSR count). The van der Waals surface area contributed by atoms with Crippen LogP contribution >= 0.6 is 11.9 Å². The highest BCUT2D eigenvalue weighted by Gasteiger charge is 2.30. The van der Waals surface area contributed by atoms with Gasteiger partial charge in [-0.25, -0.2) is 4.98 Å². The lowest BCUT2D eigenvalue weighted by molar-refractivity contribution is -0.117. The van der Waals surface area contributed by atoms with Gasteiger partial charge >= 0.3 is 0 Å². The summed E-state index contributed by atoms with van der Waals surface area (Å²) in [6.07, 6.45) is 7.94. The molecule has 0 bridgehead atoms. The Morgan fingerprint density at radius 3 is 2.50 bits per heavy atom. The first-order valence-electron chi connectivity index (χ1n) is 11.4. The van der Waals surface area contributed by atoms with Gasteiger partial charge in [0, 0.05) is 44.0 Å².